The first-order valence-electron chi connectivity index (χ1n) is 11.8. The normalized spacial score (nSPS) is 12.5. The second kappa shape index (κ2) is 14.1. The fraction of sp³-hybridized carbons (Fsp3) is 0.783. The second-order valence-corrected chi connectivity index (χ2v) is 8.85. The van der Waals surface area contributed by atoms with Gasteiger partial charge in [0.05, 0.1) is 13.2 Å². The molecule has 1 rings (SSSR count). The van der Waals surface area contributed by atoms with Crippen molar-refractivity contribution in [1.82, 2.24) is 14.5 Å². The van der Waals surface area contributed by atoms with E-state index in [1.165, 1.54) is 16.6 Å². The van der Waals surface area contributed by atoms with Crippen LogP contribution in [0.3, 0.4) is 0 Å². The first-order chi connectivity index (χ1) is 15.2. The maximum atomic E-state index is 13.5. The van der Waals surface area contributed by atoms with E-state index in [1.807, 2.05) is 13.8 Å². The minimum atomic E-state index is -0.656. The summed E-state index contributed by atoms with van der Waals surface area (Å²) in [6.45, 7) is 12.1. The molecule has 0 aliphatic carbocycles. The molecule has 1 heterocycles. The summed E-state index contributed by atoms with van der Waals surface area (Å²) in [6, 6.07) is 0.246. The van der Waals surface area contributed by atoms with Gasteiger partial charge in [-0.1, -0.05) is 47.0 Å². The summed E-state index contributed by atoms with van der Waals surface area (Å²) in [4.78, 5) is 44.4. The van der Waals surface area contributed by atoms with Crippen LogP contribution >= 0.6 is 0 Å². The van der Waals surface area contributed by atoms with Crippen molar-refractivity contribution < 1.29 is 9.53 Å². The van der Waals surface area contributed by atoms with Gasteiger partial charge in [-0.15, -0.1) is 0 Å². The van der Waals surface area contributed by atoms with E-state index in [-0.39, 0.29) is 49.1 Å². The Bertz CT molecular complexity index is 818. The number of nitrogens with zero attached hydrogens (tertiary/aromatic N) is 3. The Labute approximate surface area is 191 Å². The van der Waals surface area contributed by atoms with Crippen LogP contribution in [0.4, 0.5) is 11.5 Å². The van der Waals surface area contributed by atoms with Crippen molar-refractivity contribution in [2.75, 3.05) is 44.0 Å². The standard InChI is InChI=1S/C23H43N5O4/c1-7-9-10-12-26(18(5)11-8-2)16-19(29)27(13-14-32-6)20-21(24)28(15-17(3)4)23(31)25-22(20)30/h17-18H,7-16,24H2,1-6H3,(H,25,30,31). The molecule has 184 valence electrons. The van der Waals surface area contributed by atoms with Gasteiger partial charge in [0.1, 0.15) is 5.82 Å². The van der Waals surface area contributed by atoms with Crippen molar-refractivity contribution in [2.45, 2.75) is 79.3 Å². The lowest BCUT2D eigenvalue weighted by atomic mass is 10.1. The van der Waals surface area contributed by atoms with Crippen LogP contribution in [0.15, 0.2) is 9.59 Å². The molecule has 9 heteroatoms. The van der Waals surface area contributed by atoms with E-state index >= 15 is 0 Å². The molecule has 0 aliphatic heterocycles. The van der Waals surface area contributed by atoms with E-state index < -0.39 is 11.2 Å². The van der Waals surface area contributed by atoms with E-state index in [9.17, 15) is 14.4 Å². The zero-order chi connectivity index (χ0) is 24.3. The number of aromatic nitrogens is 2. The number of amides is 1. The van der Waals surface area contributed by atoms with Crippen LogP contribution in [-0.2, 0) is 16.1 Å². The van der Waals surface area contributed by atoms with E-state index in [4.69, 9.17) is 10.5 Å². The molecule has 0 fully saturated rings. The number of nitrogens with two attached hydrogens (primary N) is 1. The summed E-state index contributed by atoms with van der Waals surface area (Å²) < 4.78 is 6.51. The van der Waals surface area contributed by atoms with Crippen LogP contribution in [-0.4, -0.2) is 59.8 Å². The summed E-state index contributed by atoms with van der Waals surface area (Å²) in [5, 5.41) is 0. The number of carbonyl (C=O) groups excluding carboxylic acids is 1. The number of H-pyrrole nitrogens is 1. The smallest absolute Gasteiger partial charge is 0.330 e. The molecule has 0 aromatic carbocycles. The molecular weight excluding hydrogens is 410 g/mol. The highest BCUT2D eigenvalue weighted by atomic mass is 16.5. The van der Waals surface area contributed by atoms with Crippen molar-refractivity contribution in [3.8, 4) is 0 Å². The maximum Gasteiger partial charge on any atom is 0.330 e. The largest absolute Gasteiger partial charge is 0.383 e. The minimum Gasteiger partial charge on any atom is -0.383 e. The van der Waals surface area contributed by atoms with Crippen molar-refractivity contribution in [3.63, 3.8) is 0 Å². The molecule has 0 spiro atoms. The molecule has 9 nitrogen and oxygen atoms in total. The molecule has 1 aromatic rings. The van der Waals surface area contributed by atoms with Gasteiger partial charge < -0.3 is 15.4 Å². The number of nitrogen functional groups attached to an aromatic ring is 1. The van der Waals surface area contributed by atoms with Crippen molar-refractivity contribution >= 4 is 17.4 Å². The Morgan fingerprint density at radius 1 is 1.12 bits per heavy atom. The highest BCUT2D eigenvalue weighted by molar-refractivity contribution is 5.96. The Kier molecular flexibility index (Phi) is 12.3. The molecule has 0 saturated carbocycles. The van der Waals surface area contributed by atoms with Crippen LogP contribution in [0, 0.1) is 5.92 Å². The fourth-order valence-electron chi connectivity index (χ4n) is 3.81. The van der Waals surface area contributed by atoms with Crippen LogP contribution < -0.4 is 21.9 Å². The first kappa shape index (κ1) is 27.9. The number of carbonyl (C=O) groups is 1. The summed E-state index contributed by atoms with van der Waals surface area (Å²) in [5.74, 6) is -0.0784. The predicted molar refractivity (Wildman–Crippen MR) is 130 cm³/mol. The van der Waals surface area contributed by atoms with Gasteiger partial charge >= 0.3 is 5.69 Å². The molecule has 1 atom stereocenters. The maximum absolute atomic E-state index is 13.5. The number of anilines is 2. The molecule has 0 radical (unpaired) electrons. The van der Waals surface area contributed by atoms with Crippen LogP contribution in [0.1, 0.15) is 66.7 Å². The number of unbranched alkanes of at least 4 members (excludes halogenated alkanes) is 2. The lowest BCUT2D eigenvalue weighted by Gasteiger charge is -2.31. The molecule has 32 heavy (non-hydrogen) atoms. The van der Waals surface area contributed by atoms with E-state index in [0.29, 0.717) is 6.54 Å². The summed E-state index contributed by atoms with van der Waals surface area (Å²) >= 11 is 0. The fourth-order valence-corrected chi connectivity index (χ4v) is 3.81. The number of nitrogens with one attached hydrogen (secondary N) is 1. The van der Waals surface area contributed by atoms with Crippen LogP contribution in [0.25, 0.3) is 0 Å². The van der Waals surface area contributed by atoms with Gasteiger partial charge in [0, 0.05) is 26.2 Å². The predicted octanol–water partition coefficient (Wildman–Crippen LogP) is 2.44. The number of methoxy groups -OCH3 is 1. The minimum absolute atomic E-state index is 0.0102. The average Bonchev–Trinajstić information content (AvgIpc) is 2.72. The third kappa shape index (κ3) is 8.09. The van der Waals surface area contributed by atoms with Crippen molar-refractivity contribution in [1.29, 1.82) is 0 Å². The highest BCUT2D eigenvalue weighted by Crippen LogP contribution is 2.19. The SMILES string of the molecule is CCCCCN(CC(=O)N(CCOC)c1c(N)n(CC(C)C)c(=O)[nH]c1=O)C(C)CCC. The van der Waals surface area contributed by atoms with Gasteiger partial charge in [-0.25, -0.2) is 4.79 Å². The number of ether oxygens (including phenoxy) is 1. The third-order valence-electron chi connectivity index (χ3n) is 5.57. The van der Waals surface area contributed by atoms with Gasteiger partial charge in [0.15, 0.2) is 5.69 Å². The van der Waals surface area contributed by atoms with Gasteiger partial charge in [-0.2, -0.15) is 0 Å². The van der Waals surface area contributed by atoms with Crippen LogP contribution in [0.2, 0.25) is 0 Å². The molecule has 0 aliphatic rings. The zero-order valence-corrected chi connectivity index (χ0v) is 20.8. The van der Waals surface area contributed by atoms with Gasteiger partial charge in [-0.05, 0) is 32.2 Å². The van der Waals surface area contributed by atoms with Crippen molar-refractivity contribution in [3.05, 3.63) is 20.8 Å². The summed E-state index contributed by atoms with van der Waals surface area (Å²) in [7, 11) is 1.54. The third-order valence-corrected chi connectivity index (χ3v) is 5.57. The molecule has 3 N–H and O–H groups in total. The molecule has 1 unspecified atom stereocenters. The Morgan fingerprint density at radius 3 is 2.38 bits per heavy atom. The summed E-state index contributed by atoms with van der Waals surface area (Å²) in [5.41, 5.74) is 5.07. The van der Waals surface area contributed by atoms with Crippen LogP contribution in [0.5, 0.6) is 0 Å². The first-order valence-corrected chi connectivity index (χ1v) is 11.8. The van der Waals surface area contributed by atoms with E-state index in [1.54, 1.807) is 0 Å². The lowest BCUT2D eigenvalue weighted by Crippen LogP contribution is -2.48. The summed E-state index contributed by atoms with van der Waals surface area (Å²) in [6.07, 6.45) is 5.23. The molecule has 0 bridgehead atoms. The quantitative estimate of drug-likeness (QED) is 0.394. The molecule has 1 aromatic heterocycles. The topological polar surface area (TPSA) is 114 Å². The van der Waals surface area contributed by atoms with Gasteiger partial charge in [0.2, 0.25) is 5.91 Å². The molecule has 1 amide bonds. The number of aromatic amines is 1. The van der Waals surface area contributed by atoms with Gasteiger partial charge in [0.25, 0.3) is 5.56 Å². The highest BCUT2D eigenvalue weighted by Gasteiger charge is 2.27. The molecular formula is C23H43N5O4. The molecule has 0 saturated heterocycles. The van der Waals surface area contributed by atoms with Gasteiger partial charge in [-0.3, -0.25) is 24.0 Å². The van der Waals surface area contributed by atoms with E-state index in [0.717, 1.165) is 38.6 Å². The second-order valence-electron chi connectivity index (χ2n) is 8.85. The van der Waals surface area contributed by atoms with E-state index in [2.05, 4.69) is 30.7 Å². The Morgan fingerprint density at radius 2 is 1.81 bits per heavy atom. The Balaban J connectivity index is 3.32. The average molecular weight is 454 g/mol. The lowest BCUT2D eigenvalue weighted by molar-refractivity contribution is -0.120. The monoisotopic (exact) mass is 453 g/mol. The zero-order valence-electron chi connectivity index (χ0n) is 20.8. The Hall–Kier alpha value is -2.13. The number of rotatable bonds is 15. The van der Waals surface area contributed by atoms with Crippen molar-refractivity contribution in [2.24, 2.45) is 5.92 Å². The number of hydrogen-bond acceptors (Lipinski definition) is 6. The number of hydrogen-bond donors (Lipinski definition) is 2.